The number of hydrogen-bond donors (Lipinski definition) is 0. The van der Waals surface area contributed by atoms with Crippen LogP contribution in [0.25, 0.3) is 11.4 Å². The lowest BCUT2D eigenvalue weighted by molar-refractivity contribution is -0.141. The van der Waals surface area contributed by atoms with E-state index < -0.39 is 41.1 Å². The molecule has 0 radical (unpaired) electrons. The average Bonchev–Trinajstić information content (AvgIpc) is 3.26. The van der Waals surface area contributed by atoms with Crippen LogP contribution in [-0.4, -0.2) is 36.9 Å². The number of nitrogens with zero attached hydrogens (tertiary/aromatic N) is 5. The van der Waals surface area contributed by atoms with Gasteiger partial charge in [0.25, 0.3) is 5.91 Å². The second kappa shape index (κ2) is 7.63. The standard InChI is InChI=1S/C21H19F6N5O/c1-11-17-13(18(31(3)29-17)15-10-16(21(25,26)27)28-30(15)2)8-9-32(11)19(33)12-6-4-5-7-14(12)20(22,23)24/h4-7,10-11H,8-9H2,1-3H3. The molecule has 176 valence electrons. The number of aromatic nitrogens is 4. The molecule has 1 unspecified atom stereocenters. The van der Waals surface area contributed by atoms with Crippen molar-refractivity contribution < 1.29 is 31.1 Å². The lowest BCUT2D eigenvalue weighted by Gasteiger charge is -2.33. The van der Waals surface area contributed by atoms with Crippen LogP contribution in [0.1, 0.15) is 45.8 Å². The van der Waals surface area contributed by atoms with Crippen LogP contribution in [0.4, 0.5) is 26.3 Å². The Labute approximate surface area is 184 Å². The van der Waals surface area contributed by atoms with Crippen molar-refractivity contribution in [3.63, 3.8) is 0 Å². The first-order valence-electron chi connectivity index (χ1n) is 9.95. The van der Waals surface area contributed by atoms with Gasteiger partial charge in [0.05, 0.1) is 34.3 Å². The molecule has 1 amide bonds. The van der Waals surface area contributed by atoms with Gasteiger partial charge in [-0.25, -0.2) is 0 Å². The fourth-order valence-electron chi connectivity index (χ4n) is 4.24. The summed E-state index contributed by atoms with van der Waals surface area (Å²) in [7, 11) is 2.95. The zero-order valence-electron chi connectivity index (χ0n) is 17.8. The second-order valence-electron chi connectivity index (χ2n) is 7.84. The predicted octanol–water partition coefficient (Wildman–Crippen LogP) is 4.62. The third-order valence-electron chi connectivity index (χ3n) is 5.78. The zero-order valence-corrected chi connectivity index (χ0v) is 17.8. The van der Waals surface area contributed by atoms with Gasteiger partial charge in [-0.2, -0.15) is 36.5 Å². The Kier molecular flexibility index (Phi) is 5.29. The summed E-state index contributed by atoms with van der Waals surface area (Å²) in [6.45, 7) is 1.72. The first-order chi connectivity index (χ1) is 15.3. The Morgan fingerprint density at radius 1 is 1.00 bits per heavy atom. The van der Waals surface area contributed by atoms with E-state index in [1.54, 1.807) is 14.0 Å². The summed E-state index contributed by atoms with van der Waals surface area (Å²) >= 11 is 0. The Morgan fingerprint density at radius 3 is 2.27 bits per heavy atom. The second-order valence-corrected chi connectivity index (χ2v) is 7.84. The van der Waals surface area contributed by atoms with Crippen molar-refractivity contribution in [1.29, 1.82) is 0 Å². The first-order valence-corrected chi connectivity index (χ1v) is 9.95. The summed E-state index contributed by atoms with van der Waals surface area (Å²) in [6.07, 6.45) is -9.09. The SMILES string of the molecule is CC1c2nn(C)c(-c3cc(C(F)(F)F)nn3C)c2CCN1C(=O)c1ccccc1C(F)(F)F. The van der Waals surface area contributed by atoms with Crippen molar-refractivity contribution in [2.24, 2.45) is 14.1 Å². The van der Waals surface area contributed by atoms with Gasteiger partial charge in [0, 0.05) is 26.2 Å². The maximum Gasteiger partial charge on any atom is 0.435 e. The van der Waals surface area contributed by atoms with Crippen LogP contribution >= 0.6 is 0 Å². The Bertz CT molecular complexity index is 1220. The van der Waals surface area contributed by atoms with Crippen LogP contribution in [0, 0.1) is 0 Å². The molecular weight excluding hydrogens is 452 g/mol. The van der Waals surface area contributed by atoms with E-state index in [-0.39, 0.29) is 18.7 Å². The molecular formula is C21H19F6N5O. The summed E-state index contributed by atoms with van der Waals surface area (Å²) in [6, 6.07) is 4.81. The quantitative estimate of drug-likeness (QED) is 0.513. The topological polar surface area (TPSA) is 56.0 Å². The molecule has 0 N–H and O–H groups in total. The van der Waals surface area contributed by atoms with E-state index >= 15 is 0 Å². The van der Waals surface area contributed by atoms with Gasteiger partial charge in [0.15, 0.2) is 5.69 Å². The summed E-state index contributed by atoms with van der Waals surface area (Å²) in [5, 5.41) is 7.94. The molecule has 0 aliphatic carbocycles. The van der Waals surface area contributed by atoms with Crippen LogP contribution in [0.15, 0.2) is 30.3 Å². The lowest BCUT2D eigenvalue weighted by Crippen LogP contribution is -2.39. The van der Waals surface area contributed by atoms with Crippen molar-refractivity contribution >= 4 is 5.91 Å². The molecule has 1 atom stereocenters. The largest absolute Gasteiger partial charge is 0.435 e. The third-order valence-corrected chi connectivity index (χ3v) is 5.78. The minimum Gasteiger partial charge on any atom is -0.330 e. The van der Waals surface area contributed by atoms with Gasteiger partial charge in [-0.3, -0.25) is 14.2 Å². The van der Waals surface area contributed by atoms with E-state index in [0.717, 1.165) is 22.9 Å². The normalized spacial score (nSPS) is 16.8. The summed E-state index contributed by atoms with van der Waals surface area (Å²) < 4.78 is 82.1. The van der Waals surface area contributed by atoms with Gasteiger partial charge < -0.3 is 4.90 Å². The lowest BCUT2D eigenvalue weighted by atomic mass is 9.95. The number of amides is 1. The van der Waals surface area contributed by atoms with Crippen LogP contribution in [0.2, 0.25) is 0 Å². The van der Waals surface area contributed by atoms with Crippen LogP contribution in [0.5, 0.6) is 0 Å². The number of halogens is 6. The number of alkyl halides is 6. The molecule has 1 aliphatic heterocycles. The maximum absolute atomic E-state index is 13.4. The van der Waals surface area contributed by atoms with E-state index in [1.807, 2.05) is 0 Å². The third kappa shape index (κ3) is 3.87. The Morgan fingerprint density at radius 2 is 1.67 bits per heavy atom. The molecule has 12 heteroatoms. The smallest absolute Gasteiger partial charge is 0.330 e. The number of rotatable bonds is 2. The van der Waals surface area contributed by atoms with Crippen molar-refractivity contribution in [3.8, 4) is 11.4 Å². The van der Waals surface area contributed by atoms with Gasteiger partial charge in [0.2, 0.25) is 0 Å². The monoisotopic (exact) mass is 471 g/mol. The van der Waals surface area contributed by atoms with Crippen LogP contribution in [-0.2, 0) is 32.9 Å². The fourth-order valence-corrected chi connectivity index (χ4v) is 4.24. The highest BCUT2D eigenvalue weighted by atomic mass is 19.4. The molecule has 0 bridgehead atoms. The highest BCUT2D eigenvalue weighted by Gasteiger charge is 2.40. The molecule has 1 aliphatic rings. The predicted molar refractivity (Wildman–Crippen MR) is 105 cm³/mol. The van der Waals surface area contributed by atoms with E-state index in [0.29, 0.717) is 17.0 Å². The molecule has 0 spiro atoms. The number of benzene rings is 1. The van der Waals surface area contributed by atoms with E-state index in [9.17, 15) is 31.1 Å². The van der Waals surface area contributed by atoms with Gasteiger partial charge in [0.1, 0.15) is 0 Å². The van der Waals surface area contributed by atoms with E-state index in [2.05, 4.69) is 10.2 Å². The summed E-state index contributed by atoms with van der Waals surface area (Å²) in [4.78, 5) is 14.4. The fraction of sp³-hybridized carbons (Fsp3) is 0.381. The Hall–Kier alpha value is -3.31. The summed E-state index contributed by atoms with van der Waals surface area (Å²) in [5.74, 6) is -0.784. The molecule has 3 heterocycles. The summed E-state index contributed by atoms with van der Waals surface area (Å²) in [5.41, 5.74) is -0.846. The molecule has 1 aromatic carbocycles. The van der Waals surface area contributed by atoms with Gasteiger partial charge in [-0.1, -0.05) is 12.1 Å². The highest BCUT2D eigenvalue weighted by molar-refractivity contribution is 5.96. The minimum absolute atomic E-state index is 0.0852. The minimum atomic E-state index is -4.69. The number of carbonyl (C=O) groups excluding carboxylic acids is 1. The van der Waals surface area contributed by atoms with Gasteiger partial charge in [-0.05, 0) is 31.5 Å². The first kappa shape index (κ1) is 22.9. The average molecular weight is 471 g/mol. The van der Waals surface area contributed by atoms with Crippen molar-refractivity contribution in [2.45, 2.75) is 31.7 Å². The number of fused-ring (bicyclic) bond motifs is 1. The number of carbonyl (C=O) groups is 1. The molecule has 2 aromatic heterocycles. The van der Waals surface area contributed by atoms with Crippen LogP contribution in [0.3, 0.4) is 0 Å². The number of aryl methyl sites for hydroxylation is 2. The number of hydrogen-bond acceptors (Lipinski definition) is 3. The molecule has 4 rings (SSSR count). The van der Waals surface area contributed by atoms with Gasteiger partial charge >= 0.3 is 12.4 Å². The molecule has 0 saturated heterocycles. The zero-order chi connectivity index (χ0) is 24.3. The molecule has 6 nitrogen and oxygen atoms in total. The molecule has 33 heavy (non-hydrogen) atoms. The molecule has 3 aromatic rings. The molecule has 0 fully saturated rings. The highest BCUT2D eigenvalue weighted by Crippen LogP contribution is 2.39. The van der Waals surface area contributed by atoms with Crippen LogP contribution < -0.4 is 0 Å². The Balaban J connectivity index is 1.72. The van der Waals surface area contributed by atoms with E-state index in [1.165, 1.54) is 28.8 Å². The van der Waals surface area contributed by atoms with Crippen molar-refractivity contribution in [1.82, 2.24) is 24.5 Å². The van der Waals surface area contributed by atoms with Gasteiger partial charge in [-0.15, -0.1) is 0 Å². The molecule has 0 saturated carbocycles. The van der Waals surface area contributed by atoms with Crippen molar-refractivity contribution in [2.75, 3.05) is 6.54 Å². The maximum atomic E-state index is 13.4. The van der Waals surface area contributed by atoms with E-state index in [4.69, 9.17) is 0 Å². The van der Waals surface area contributed by atoms with Crippen molar-refractivity contribution in [3.05, 3.63) is 58.4 Å².